The zero-order valence-electron chi connectivity index (χ0n) is 26.8. The van der Waals surface area contributed by atoms with Gasteiger partial charge in [0.25, 0.3) is 0 Å². The number of hydrogen-bond acceptors (Lipinski definition) is 6. The maximum absolute atomic E-state index is 13.8. The summed E-state index contributed by atoms with van der Waals surface area (Å²) in [5.74, 6) is -1.83. The summed E-state index contributed by atoms with van der Waals surface area (Å²) in [4.78, 5) is 66.0. The van der Waals surface area contributed by atoms with Crippen LogP contribution in [0.4, 0.5) is 0 Å². The zero-order valence-corrected chi connectivity index (χ0v) is 26.8. The molecule has 10 heteroatoms. The second-order valence-corrected chi connectivity index (χ2v) is 13.0. The number of ketones is 1. The van der Waals surface area contributed by atoms with Gasteiger partial charge in [-0.2, -0.15) is 0 Å². The normalized spacial score (nSPS) is 24.0. The molecule has 1 aliphatic heterocycles. The number of rotatable bonds is 14. The zero-order chi connectivity index (χ0) is 32.7. The number of epoxide rings is 1. The summed E-state index contributed by atoms with van der Waals surface area (Å²) < 4.78 is 5.68. The summed E-state index contributed by atoms with van der Waals surface area (Å²) in [5.41, 5.74) is 0.969. The Hall–Kier alpha value is -4.05. The predicted molar refractivity (Wildman–Crippen MR) is 170 cm³/mol. The molecule has 4 rings (SSSR count). The minimum absolute atomic E-state index is 0.0413. The Labute approximate surface area is 265 Å². The Balaban J connectivity index is 1.48. The third-order valence-electron chi connectivity index (χ3n) is 8.62. The Bertz CT molecular complexity index is 1370. The molecule has 1 aliphatic carbocycles. The summed E-state index contributed by atoms with van der Waals surface area (Å²) in [6.45, 7) is 8.97. The maximum Gasteiger partial charge on any atom is 0.243 e. The van der Waals surface area contributed by atoms with Crippen molar-refractivity contribution < 1.29 is 28.7 Å². The van der Waals surface area contributed by atoms with Gasteiger partial charge in [0.1, 0.15) is 18.1 Å². The number of nitrogens with one attached hydrogen (secondary N) is 4. The molecule has 0 bridgehead atoms. The fraction of sp³-hybridized carbons (Fsp3) is 0.514. The van der Waals surface area contributed by atoms with Gasteiger partial charge in [0.15, 0.2) is 11.4 Å². The second-order valence-electron chi connectivity index (χ2n) is 13.0. The topological polar surface area (TPSA) is 146 Å². The number of carbonyl (C=O) groups excluding carboxylic acids is 5. The van der Waals surface area contributed by atoms with Crippen molar-refractivity contribution >= 4 is 29.4 Å². The second kappa shape index (κ2) is 14.8. The van der Waals surface area contributed by atoms with E-state index in [1.807, 2.05) is 81.4 Å². The molecule has 2 aromatic carbocycles. The van der Waals surface area contributed by atoms with Crippen LogP contribution in [0.1, 0.15) is 65.0 Å². The van der Waals surface area contributed by atoms with Crippen molar-refractivity contribution in [1.29, 1.82) is 0 Å². The number of hydrogen-bond donors (Lipinski definition) is 4. The molecule has 1 saturated heterocycles. The molecule has 0 radical (unpaired) electrons. The largest absolute Gasteiger partial charge is 0.358 e. The standard InChI is InChI=1S/C35H46N4O6/c1-21(2)18-28(38-32(42)26(36-23(4)40)17-16-24-12-8-6-9-13-24)33(43)39-29(20-25-14-10-7-11-15-25)34(44)37-27-19-22(3)31-35(5,45-31)30(27)41/h6-15,21-22,26-29,31H,16-20H2,1-5H3,(H,36,40)(H,37,44)(H,38,42)(H,39,43)/t22?,26-,27?,28?,29-,31?,35?/m0/s1. The third-order valence-corrected chi connectivity index (χ3v) is 8.62. The summed E-state index contributed by atoms with van der Waals surface area (Å²) in [7, 11) is 0. The number of Topliss-reactive ketones (excluding diaryl/α,β-unsaturated/α-hetero) is 1. The minimum Gasteiger partial charge on any atom is -0.358 e. The molecular weight excluding hydrogens is 572 g/mol. The van der Waals surface area contributed by atoms with E-state index in [0.29, 0.717) is 25.7 Å². The molecule has 242 valence electrons. The smallest absolute Gasteiger partial charge is 0.243 e. The molecule has 45 heavy (non-hydrogen) atoms. The first-order valence-electron chi connectivity index (χ1n) is 15.9. The molecule has 2 fully saturated rings. The van der Waals surface area contributed by atoms with Crippen LogP contribution in [0, 0.1) is 11.8 Å². The number of carbonyl (C=O) groups is 5. The lowest BCUT2D eigenvalue weighted by molar-refractivity contribution is -0.135. The van der Waals surface area contributed by atoms with Crippen LogP contribution in [0.25, 0.3) is 0 Å². The number of ether oxygens (including phenoxy) is 1. The van der Waals surface area contributed by atoms with Gasteiger partial charge in [0.05, 0.1) is 12.1 Å². The molecular formula is C35H46N4O6. The van der Waals surface area contributed by atoms with Crippen LogP contribution in [0.5, 0.6) is 0 Å². The van der Waals surface area contributed by atoms with Gasteiger partial charge in [-0.3, -0.25) is 24.0 Å². The highest BCUT2D eigenvalue weighted by atomic mass is 16.6. The van der Waals surface area contributed by atoms with Gasteiger partial charge in [-0.1, -0.05) is 81.4 Å². The van der Waals surface area contributed by atoms with Crippen molar-refractivity contribution in [3.8, 4) is 0 Å². The number of benzene rings is 2. The molecule has 5 unspecified atom stereocenters. The molecule has 7 atom stereocenters. The van der Waals surface area contributed by atoms with E-state index >= 15 is 0 Å². The van der Waals surface area contributed by atoms with Crippen molar-refractivity contribution in [3.63, 3.8) is 0 Å². The van der Waals surface area contributed by atoms with Crippen molar-refractivity contribution in [1.82, 2.24) is 21.3 Å². The van der Waals surface area contributed by atoms with E-state index in [0.717, 1.165) is 11.1 Å². The minimum atomic E-state index is -0.996. The first-order valence-corrected chi connectivity index (χ1v) is 15.9. The van der Waals surface area contributed by atoms with Crippen LogP contribution in [0.2, 0.25) is 0 Å². The molecule has 10 nitrogen and oxygen atoms in total. The Morgan fingerprint density at radius 2 is 1.42 bits per heavy atom. The molecule has 4 N–H and O–H groups in total. The predicted octanol–water partition coefficient (Wildman–Crippen LogP) is 2.63. The third kappa shape index (κ3) is 9.00. The van der Waals surface area contributed by atoms with Gasteiger partial charge in [-0.05, 0) is 55.6 Å². The van der Waals surface area contributed by atoms with E-state index in [9.17, 15) is 24.0 Å². The van der Waals surface area contributed by atoms with Crippen LogP contribution < -0.4 is 21.3 Å². The highest BCUT2D eigenvalue weighted by molar-refractivity contribution is 6.00. The molecule has 4 amide bonds. The summed E-state index contributed by atoms with van der Waals surface area (Å²) in [5, 5.41) is 11.3. The summed E-state index contributed by atoms with van der Waals surface area (Å²) >= 11 is 0. The first-order chi connectivity index (χ1) is 21.4. The Morgan fingerprint density at radius 1 is 0.844 bits per heavy atom. The number of aryl methyl sites for hydroxylation is 1. The molecule has 2 aliphatic rings. The van der Waals surface area contributed by atoms with Crippen molar-refractivity contribution in [3.05, 3.63) is 71.8 Å². The molecule has 1 saturated carbocycles. The SMILES string of the molecule is CC(=O)N[C@@H](CCc1ccccc1)C(=O)NC(CC(C)C)C(=O)N[C@@H](Cc1ccccc1)C(=O)NC1CC(C)C2OC2(C)C1=O. The average Bonchev–Trinajstić information content (AvgIpc) is 3.71. The molecule has 1 heterocycles. The maximum atomic E-state index is 13.8. The molecule has 0 spiro atoms. The van der Waals surface area contributed by atoms with Crippen LogP contribution in [-0.2, 0) is 41.6 Å². The van der Waals surface area contributed by atoms with Gasteiger partial charge in [-0.15, -0.1) is 0 Å². The van der Waals surface area contributed by atoms with Gasteiger partial charge in [-0.25, -0.2) is 0 Å². The monoisotopic (exact) mass is 618 g/mol. The fourth-order valence-corrected chi connectivity index (χ4v) is 6.21. The highest BCUT2D eigenvalue weighted by Crippen LogP contribution is 2.48. The molecule has 0 aromatic heterocycles. The van der Waals surface area contributed by atoms with E-state index in [1.54, 1.807) is 6.92 Å². The van der Waals surface area contributed by atoms with Crippen molar-refractivity contribution in [2.24, 2.45) is 11.8 Å². The molecule has 2 aromatic rings. The van der Waals surface area contributed by atoms with E-state index in [-0.39, 0.29) is 36.1 Å². The first kappa shape index (κ1) is 33.8. The number of fused-ring (bicyclic) bond motifs is 1. The Kier molecular flexibility index (Phi) is 11.1. The number of amides is 4. The quantitative estimate of drug-likeness (QED) is 0.240. The van der Waals surface area contributed by atoms with Crippen molar-refractivity contribution in [2.45, 2.75) is 103 Å². The van der Waals surface area contributed by atoms with Gasteiger partial charge < -0.3 is 26.0 Å². The van der Waals surface area contributed by atoms with E-state index < -0.39 is 47.5 Å². The van der Waals surface area contributed by atoms with Crippen LogP contribution in [-0.4, -0.2) is 65.3 Å². The van der Waals surface area contributed by atoms with Crippen molar-refractivity contribution in [2.75, 3.05) is 0 Å². The lowest BCUT2D eigenvalue weighted by Crippen LogP contribution is -2.59. The fourth-order valence-electron chi connectivity index (χ4n) is 6.21. The van der Waals surface area contributed by atoms with Crippen LogP contribution >= 0.6 is 0 Å². The lowest BCUT2D eigenvalue weighted by Gasteiger charge is -2.30. The lowest BCUT2D eigenvalue weighted by atomic mass is 9.79. The van der Waals surface area contributed by atoms with Gasteiger partial charge in [0.2, 0.25) is 23.6 Å². The Morgan fingerprint density at radius 3 is 2.02 bits per heavy atom. The highest BCUT2D eigenvalue weighted by Gasteiger charge is 2.65. The average molecular weight is 619 g/mol. The van der Waals surface area contributed by atoms with Crippen LogP contribution in [0.3, 0.4) is 0 Å². The summed E-state index contributed by atoms with van der Waals surface area (Å²) in [6, 6.07) is 15.4. The van der Waals surface area contributed by atoms with E-state index in [1.165, 1.54) is 6.92 Å². The van der Waals surface area contributed by atoms with Gasteiger partial charge in [0, 0.05) is 13.3 Å². The van der Waals surface area contributed by atoms with Gasteiger partial charge >= 0.3 is 0 Å². The van der Waals surface area contributed by atoms with E-state index in [4.69, 9.17) is 4.74 Å². The van der Waals surface area contributed by atoms with E-state index in [2.05, 4.69) is 21.3 Å². The van der Waals surface area contributed by atoms with Crippen LogP contribution in [0.15, 0.2) is 60.7 Å². The summed E-state index contributed by atoms with van der Waals surface area (Å²) in [6.07, 6.45) is 1.74.